The first-order valence-electron chi connectivity index (χ1n) is 8.43. The zero-order chi connectivity index (χ0) is 18.5. The molecule has 0 radical (unpaired) electrons. The number of hydrogen-bond acceptors (Lipinski definition) is 7. The largest absolute Gasteiger partial charge is 0.497 e. The van der Waals surface area contributed by atoms with E-state index in [0.29, 0.717) is 30.6 Å². The van der Waals surface area contributed by atoms with Gasteiger partial charge in [-0.15, -0.1) is 0 Å². The van der Waals surface area contributed by atoms with Crippen molar-refractivity contribution in [1.29, 1.82) is 0 Å². The van der Waals surface area contributed by atoms with Crippen LogP contribution in [0.2, 0.25) is 0 Å². The molecule has 3 rings (SSSR count). The van der Waals surface area contributed by atoms with Crippen molar-refractivity contribution in [2.45, 2.75) is 6.92 Å². The minimum atomic E-state index is 0.104. The lowest BCUT2D eigenvalue weighted by atomic mass is 10.2. The van der Waals surface area contributed by atoms with Gasteiger partial charge in [-0.3, -0.25) is 4.79 Å². The van der Waals surface area contributed by atoms with Gasteiger partial charge in [-0.1, -0.05) is 0 Å². The molecule has 1 aromatic carbocycles. The van der Waals surface area contributed by atoms with Gasteiger partial charge in [0.15, 0.2) is 0 Å². The summed E-state index contributed by atoms with van der Waals surface area (Å²) in [6.45, 7) is 4.40. The van der Waals surface area contributed by atoms with E-state index in [-0.39, 0.29) is 5.91 Å². The molecule has 0 bridgehead atoms. The summed E-state index contributed by atoms with van der Waals surface area (Å²) in [5.74, 6) is 2.81. The molecule has 8 nitrogen and oxygen atoms in total. The van der Waals surface area contributed by atoms with Crippen LogP contribution in [0.15, 0.2) is 30.5 Å². The summed E-state index contributed by atoms with van der Waals surface area (Å²) in [7, 11) is 3.23. The Kier molecular flexibility index (Phi) is 5.40. The van der Waals surface area contributed by atoms with Crippen molar-refractivity contribution in [1.82, 2.24) is 14.9 Å². The molecule has 1 amide bonds. The Morgan fingerprint density at radius 2 is 1.88 bits per heavy atom. The van der Waals surface area contributed by atoms with E-state index in [4.69, 9.17) is 9.47 Å². The van der Waals surface area contributed by atoms with Gasteiger partial charge in [0.25, 0.3) is 0 Å². The quantitative estimate of drug-likeness (QED) is 0.875. The third-order valence-corrected chi connectivity index (χ3v) is 4.32. The fourth-order valence-electron chi connectivity index (χ4n) is 2.83. The van der Waals surface area contributed by atoms with Gasteiger partial charge in [-0.2, -0.15) is 4.98 Å². The number of rotatable bonds is 5. The van der Waals surface area contributed by atoms with Crippen LogP contribution < -0.4 is 19.7 Å². The maximum absolute atomic E-state index is 11.5. The zero-order valence-corrected chi connectivity index (χ0v) is 15.2. The molecule has 1 aliphatic rings. The zero-order valence-electron chi connectivity index (χ0n) is 15.2. The average molecular weight is 357 g/mol. The van der Waals surface area contributed by atoms with Gasteiger partial charge >= 0.3 is 0 Å². The normalized spacial score (nSPS) is 14.1. The van der Waals surface area contributed by atoms with Crippen LogP contribution in [0, 0.1) is 0 Å². The molecule has 8 heteroatoms. The molecule has 0 atom stereocenters. The molecule has 138 valence electrons. The van der Waals surface area contributed by atoms with E-state index in [9.17, 15) is 4.79 Å². The second kappa shape index (κ2) is 7.90. The van der Waals surface area contributed by atoms with Crippen molar-refractivity contribution in [2.24, 2.45) is 0 Å². The molecule has 2 aromatic rings. The van der Waals surface area contributed by atoms with Crippen LogP contribution in [-0.2, 0) is 4.79 Å². The Morgan fingerprint density at radius 1 is 1.12 bits per heavy atom. The molecule has 1 N–H and O–H groups in total. The Balaban J connectivity index is 1.73. The number of benzene rings is 1. The maximum Gasteiger partial charge on any atom is 0.227 e. The van der Waals surface area contributed by atoms with Crippen LogP contribution in [0.5, 0.6) is 11.5 Å². The predicted molar refractivity (Wildman–Crippen MR) is 99.3 cm³/mol. The molecular formula is C18H23N5O3. The number of nitrogens with zero attached hydrogens (tertiary/aromatic N) is 4. The first kappa shape index (κ1) is 17.8. The van der Waals surface area contributed by atoms with Crippen LogP contribution >= 0.6 is 0 Å². The molecular weight excluding hydrogens is 334 g/mol. The second-order valence-corrected chi connectivity index (χ2v) is 5.93. The van der Waals surface area contributed by atoms with Crippen LogP contribution in [0.25, 0.3) is 0 Å². The van der Waals surface area contributed by atoms with Crippen LogP contribution in [-0.4, -0.2) is 61.2 Å². The summed E-state index contributed by atoms with van der Waals surface area (Å²) in [4.78, 5) is 24.3. The lowest BCUT2D eigenvalue weighted by Gasteiger charge is -2.34. The number of aromatic nitrogens is 2. The number of carbonyl (C=O) groups is 1. The average Bonchev–Trinajstić information content (AvgIpc) is 2.68. The molecule has 26 heavy (non-hydrogen) atoms. The summed E-state index contributed by atoms with van der Waals surface area (Å²) in [6.07, 6.45) is 1.72. The number of amides is 1. The van der Waals surface area contributed by atoms with Gasteiger partial charge in [-0.05, 0) is 18.2 Å². The van der Waals surface area contributed by atoms with E-state index in [1.807, 2.05) is 23.1 Å². The molecule has 1 saturated heterocycles. The minimum Gasteiger partial charge on any atom is -0.497 e. The summed E-state index contributed by atoms with van der Waals surface area (Å²) in [5, 5.41) is 3.26. The molecule has 1 fully saturated rings. The van der Waals surface area contributed by atoms with Gasteiger partial charge in [0.05, 0.1) is 19.9 Å². The molecule has 1 aliphatic heterocycles. The number of anilines is 3. The number of hydrogen-bond donors (Lipinski definition) is 1. The lowest BCUT2D eigenvalue weighted by Crippen LogP contribution is -2.48. The van der Waals surface area contributed by atoms with Crippen LogP contribution in [0.4, 0.5) is 17.5 Å². The van der Waals surface area contributed by atoms with E-state index in [1.54, 1.807) is 33.4 Å². The Labute approximate surface area is 152 Å². The monoisotopic (exact) mass is 357 g/mol. The van der Waals surface area contributed by atoms with Crippen molar-refractivity contribution in [3.05, 3.63) is 30.5 Å². The van der Waals surface area contributed by atoms with Crippen LogP contribution in [0.1, 0.15) is 6.92 Å². The molecule has 0 spiro atoms. The smallest absolute Gasteiger partial charge is 0.227 e. The first-order valence-corrected chi connectivity index (χ1v) is 8.43. The number of ether oxygens (including phenoxy) is 2. The Morgan fingerprint density at radius 3 is 2.54 bits per heavy atom. The van der Waals surface area contributed by atoms with E-state index in [2.05, 4.69) is 20.2 Å². The van der Waals surface area contributed by atoms with Gasteiger partial charge < -0.3 is 24.6 Å². The first-order chi connectivity index (χ1) is 12.6. The van der Waals surface area contributed by atoms with Crippen molar-refractivity contribution in [3.63, 3.8) is 0 Å². The van der Waals surface area contributed by atoms with Crippen LogP contribution in [0.3, 0.4) is 0 Å². The minimum absolute atomic E-state index is 0.104. The van der Waals surface area contributed by atoms with Crippen molar-refractivity contribution in [3.8, 4) is 11.5 Å². The topological polar surface area (TPSA) is 79.8 Å². The molecule has 0 unspecified atom stereocenters. The summed E-state index contributed by atoms with van der Waals surface area (Å²) in [5.41, 5.74) is 0.791. The van der Waals surface area contributed by atoms with Gasteiger partial charge in [-0.25, -0.2) is 4.98 Å². The van der Waals surface area contributed by atoms with E-state index < -0.39 is 0 Å². The van der Waals surface area contributed by atoms with Gasteiger partial charge in [0.1, 0.15) is 17.3 Å². The fourth-order valence-corrected chi connectivity index (χ4v) is 2.83. The highest BCUT2D eigenvalue weighted by molar-refractivity contribution is 5.73. The van der Waals surface area contributed by atoms with E-state index in [0.717, 1.165) is 24.5 Å². The third-order valence-electron chi connectivity index (χ3n) is 4.32. The third kappa shape index (κ3) is 3.96. The molecule has 0 saturated carbocycles. The summed E-state index contributed by atoms with van der Waals surface area (Å²) in [6, 6.07) is 7.35. The molecule has 1 aromatic heterocycles. The van der Waals surface area contributed by atoms with Crippen molar-refractivity contribution >= 4 is 23.4 Å². The highest BCUT2D eigenvalue weighted by atomic mass is 16.5. The predicted octanol–water partition coefficient (Wildman–Crippen LogP) is 1.91. The number of piperazine rings is 1. The Hall–Kier alpha value is -3.03. The van der Waals surface area contributed by atoms with E-state index >= 15 is 0 Å². The number of methoxy groups -OCH3 is 2. The summed E-state index contributed by atoms with van der Waals surface area (Å²) < 4.78 is 10.6. The maximum atomic E-state index is 11.5. The fraction of sp³-hybridized carbons (Fsp3) is 0.389. The number of nitrogens with one attached hydrogen (secondary N) is 1. The SMILES string of the molecule is COc1ccc(Nc2ccnc(N3CCN(C(C)=O)CC3)n2)c(OC)c1. The van der Waals surface area contributed by atoms with Gasteiger partial charge in [0.2, 0.25) is 11.9 Å². The van der Waals surface area contributed by atoms with E-state index in [1.165, 1.54) is 0 Å². The van der Waals surface area contributed by atoms with Crippen molar-refractivity contribution in [2.75, 3.05) is 50.6 Å². The Bertz CT molecular complexity index is 775. The number of carbonyl (C=O) groups excluding carboxylic acids is 1. The standard InChI is InChI=1S/C18H23N5O3/c1-13(24)22-8-10-23(11-9-22)18-19-7-6-17(21-18)20-15-5-4-14(25-2)12-16(15)26-3/h4-7,12H,8-11H2,1-3H3,(H,19,20,21). The van der Waals surface area contributed by atoms with Gasteiger partial charge in [0, 0.05) is 45.4 Å². The summed E-state index contributed by atoms with van der Waals surface area (Å²) >= 11 is 0. The molecule has 2 heterocycles. The molecule has 0 aliphatic carbocycles. The van der Waals surface area contributed by atoms with Crippen molar-refractivity contribution < 1.29 is 14.3 Å². The second-order valence-electron chi connectivity index (χ2n) is 5.93. The highest BCUT2D eigenvalue weighted by Gasteiger charge is 2.20. The highest BCUT2D eigenvalue weighted by Crippen LogP contribution is 2.31. The lowest BCUT2D eigenvalue weighted by molar-refractivity contribution is -0.129.